The number of amides is 3. The van der Waals surface area contributed by atoms with Crippen LogP contribution in [0.2, 0.25) is 0 Å². The monoisotopic (exact) mass is 407 g/mol. The van der Waals surface area contributed by atoms with Gasteiger partial charge in [-0.3, -0.25) is 4.79 Å². The molecule has 9 heteroatoms. The van der Waals surface area contributed by atoms with Gasteiger partial charge >= 0.3 is 6.03 Å². The maximum absolute atomic E-state index is 12.7. The van der Waals surface area contributed by atoms with Crippen LogP contribution in [0.4, 0.5) is 22.0 Å². The number of urea groups is 1. The SMILES string of the molecule is Nc1noc2cccc(C(=O)Nc3cccc(CNC(=O)Nc4ccsc4)c3)c12. The van der Waals surface area contributed by atoms with Crippen LogP contribution in [-0.4, -0.2) is 17.1 Å². The Labute approximate surface area is 169 Å². The molecule has 2 aromatic heterocycles. The molecule has 29 heavy (non-hydrogen) atoms. The third-order valence-corrected chi connectivity index (χ3v) is 4.87. The van der Waals surface area contributed by atoms with Gasteiger partial charge in [-0.2, -0.15) is 11.3 Å². The number of rotatable bonds is 5. The van der Waals surface area contributed by atoms with E-state index in [-0.39, 0.29) is 17.8 Å². The van der Waals surface area contributed by atoms with E-state index in [1.807, 2.05) is 22.9 Å². The van der Waals surface area contributed by atoms with Gasteiger partial charge < -0.3 is 26.2 Å². The molecule has 0 aliphatic rings. The Bertz CT molecular complexity index is 1170. The number of nitrogens with two attached hydrogens (primary N) is 1. The van der Waals surface area contributed by atoms with Crippen molar-refractivity contribution in [3.8, 4) is 0 Å². The smallest absolute Gasteiger partial charge is 0.319 e. The van der Waals surface area contributed by atoms with Crippen molar-refractivity contribution in [1.82, 2.24) is 10.5 Å². The number of nitrogen functional groups attached to an aromatic ring is 1. The van der Waals surface area contributed by atoms with E-state index in [0.29, 0.717) is 28.8 Å². The van der Waals surface area contributed by atoms with E-state index in [0.717, 1.165) is 11.3 Å². The van der Waals surface area contributed by atoms with Crippen LogP contribution >= 0.6 is 11.3 Å². The van der Waals surface area contributed by atoms with Crippen molar-refractivity contribution in [2.24, 2.45) is 0 Å². The number of aromatic nitrogens is 1. The molecule has 2 heterocycles. The number of carbonyl (C=O) groups excluding carboxylic acids is 2. The first-order chi connectivity index (χ1) is 14.1. The summed E-state index contributed by atoms with van der Waals surface area (Å²) < 4.78 is 5.10. The third-order valence-electron chi connectivity index (χ3n) is 4.19. The maximum atomic E-state index is 12.7. The van der Waals surface area contributed by atoms with Gasteiger partial charge in [0, 0.05) is 17.6 Å². The van der Waals surface area contributed by atoms with Crippen LogP contribution in [0.15, 0.2) is 63.8 Å². The summed E-state index contributed by atoms with van der Waals surface area (Å²) in [5, 5.41) is 16.3. The van der Waals surface area contributed by atoms with Crippen molar-refractivity contribution in [3.05, 3.63) is 70.4 Å². The summed E-state index contributed by atoms with van der Waals surface area (Å²) >= 11 is 1.50. The molecule has 0 aliphatic heterocycles. The lowest BCUT2D eigenvalue weighted by Crippen LogP contribution is -2.28. The third kappa shape index (κ3) is 4.19. The first-order valence-corrected chi connectivity index (χ1v) is 9.65. The van der Waals surface area contributed by atoms with E-state index >= 15 is 0 Å². The lowest BCUT2D eigenvalue weighted by Gasteiger charge is -2.10. The Kier molecular flexibility index (Phi) is 5.12. The number of benzene rings is 2. The topological polar surface area (TPSA) is 122 Å². The van der Waals surface area contributed by atoms with Crippen molar-refractivity contribution >= 4 is 51.4 Å². The highest BCUT2D eigenvalue weighted by Gasteiger charge is 2.16. The largest absolute Gasteiger partial charge is 0.380 e. The van der Waals surface area contributed by atoms with E-state index < -0.39 is 0 Å². The predicted molar refractivity (Wildman–Crippen MR) is 113 cm³/mol. The van der Waals surface area contributed by atoms with Gasteiger partial charge in [0.25, 0.3) is 5.91 Å². The number of anilines is 3. The second kappa shape index (κ2) is 8.03. The molecule has 0 radical (unpaired) electrons. The van der Waals surface area contributed by atoms with Gasteiger partial charge in [0.1, 0.15) is 0 Å². The quantitative estimate of drug-likeness (QED) is 0.398. The molecule has 4 aromatic rings. The first kappa shape index (κ1) is 18.5. The van der Waals surface area contributed by atoms with Crippen LogP contribution in [0.1, 0.15) is 15.9 Å². The second-order valence-corrected chi connectivity index (χ2v) is 7.00. The number of carbonyl (C=O) groups is 2. The zero-order valence-corrected chi connectivity index (χ0v) is 16.0. The number of thiophene rings is 1. The summed E-state index contributed by atoms with van der Waals surface area (Å²) in [6.07, 6.45) is 0. The van der Waals surface area contributed by atoms with E-state index in [9.17, 15) is 9.59 Å². The second-order valence-electron chi connectivity index (χ2n) is 6.22. The highest BCUT2D eigenvalue weighted by molar-refractivity contribution is 7.08. The normalized spacial score (nSPS) is 10.6. The highest BCUT2D eigenvalue weighted by Crippen LogP contribution is 2.25. The van der Waals surface area contributed by atoms with Crippen molar-refractivity contribution in [2.75, 3.05) is 16.4 Å². The van der Waals surface area contributed by atoms with Crippen LogP contribution in [0.25, 0.3) is 11.0 Å². The van der Waals surface area contributed by atoms with Crippen molar-refractivity contribution < 1.29 is 14.1 Å². The van der Waals surface area contributed by atoms with Crippen LogP contribution in [0.5, 0.6) is 0 Å². The molecule has 4 rings (SSSR count). The Morgan fingerprint density at radius 3 is 2.76 bits per heavy atom. The lowest BCUT2D eigenvalue weighted by atomic mass is 10.1. The molecule has 0 saturated heterocycles. The van der Waals surface area contributed by atoms with E-state index in [1.165, 1.54) is 11.3 Å². The summed E-state index contributed by atoms with van der Waals surface area (Å²) in [6.45, 7) is 0.313. The van der Waals surface area contributed by atoms with Crippen LogP contribution in [-0.2, 0) is 6.54 Å². The molecule has 0 unspecified atom stereocenters. The van der Waals surface area contributed by atoms with Gasteiger partial charge in [-0.15, -0.1) is 0 Å². The number of nitrogens with zero attached hydrogens (tertiary/aromatic N) is 1. The van der Waals surface area contributed by atoms with Crippen LogP contribution in [0.3, 0.4) is 0 Å². The summed E-state index contributed by atoms with van der Waals surface area (Å²) in [6, 6.07) is 13.8. The fourth-order valence-electron chi connectivity index (χ4n) is 2.86. The zero-order valence-electron chi connectivity index (χ0n) is 15.1. The van der Waals surface area contributed by atoms with Gasteiger partial charge in [-0.1, -0.05) is 23.4 Å². The van der Waals surface area contributed by atoms with Crippen molar-refractivity contribution in [1.29, 1.82) is 0 Å². The molecule has 0 saturated carbocycles. The van der Waals surface area contributed by atoms with Gasteiger partial charge in [-0.05, 0) is 41.3 Å². The molecule has 0 fully saturated rings. The number of nitrogens with one attached hydrogen (secondary N) is 3. The molecular weight excluding hydrogens is 390 g/mol. The van der Waals surface area contributed by atoms with Gasteiger partial charge in [0.15, 0.2) is 11.4 Å². The molecule has 3 amide bonds. The summed E-state index contributed by atoms with van der Waals surface area (Å²) in [4.78, 5) is 24.7. The van der Waals surface area contributed by atoms with Crippen LogP contribution in [0, 0.1) is 0 Å². The summed E-state index contributed by atoms with van der Waals surface area (Å²) in [5.41, 5.74) is 8.82. The van der Waals surface area contributed by atoms with Gasteiger partial charge in [-0.25, -0.2) is 4.79 Å². The molecule has 0 spiro atoms. The Hall–Kier alpha value is -3.85. The Morgan fingerprint density at radius 1 is 1.07 bits per heavy atom. The Morgan fingerprint density at radius 2 is 1.93 bits per heavy atom. The number of fused-ring (bicyclic) bond motifs is 1. The molecule has 0 aliphatic carbocycles. The average Bonchev–Trinajstić information content (AvgIpc) is 3.36. The number of hydrogen-bond acceptors (Lipinski definition) is 6. The van der Waals surface area contributed by atoms with Gasteiger partial charge in [0.05, 0.1) is 16.6 Å². The summed E-state index contributed by atoms with van der Waals surface area (Å²) in [5.74, 6) is -0.161. The van der Waals surface area contributed by atoms with E-state index in [1.54, 1.807) is 36.4 Å². The summed E-state index contributed by atoms with van der Waals surface area (Å²) in [7, 11) is 0. The maximum Gasteiger partial charge on any atom is 0.319 e. The molecule has 0 atom stereocenters. The minimum absolute atomic E-state index is 0.167. The standard InChI is InChI=1S/C20H17N5O3S/c21-18-17-15(5-2-6-16(17)28-25-18)19(26)23-13-4-1-3-12(9-13)10-22-20(27)24-14-7-8-29-11-14/h1-9,11H,10H2,(H2,21,25)(H,23,26)(H2,22,24,27). The average molecular weight is 407 g/mol. The van der Waals surface area contributed by atoms with E-state index in [4.69, 9.17) is 10.3 Å². The predicted octanol–water partition coefficient (Wildman–Crippen LogP) is 4.05. The fourth-order valence-corrected chi connectivity index (χ4v) is 3.44. The van der Waals surface area contributed by atoms with E-state index in [2.05, 4.69) is 21.1 Å². The first-order valence-electron chi connectivity index (χ1n) is 8.71. The molecule has 2 aromatic carbocycles. The lowest BCUT2D eigenvalue weighted by molar-refractivity contribution is 0.102. The minimum atomic E-state index is -0.328. The molecule has 0 bridgehead atoms. The fraction of sp³-hybridized carbons (Fsp3) is 0.0500. The minimum Gasteiger partial charge on any atom is -0.380 e. The number of hydrogen-bond donors (Lipinski definition) is 4. The molecule has 5 N–H and O–H groups in total. The molecule has 146 valence electrons. The van der Waals surface area contributed by atoms with Crippen molar-refractivity contribution in [3.63, 3.8) is 0 Å². The molecular formula is C20H17N5O3S. The Balaban J connectivity index is 1.42. The molecule has 8 nitrogen and oxygen atoms in total. The van der Waals surface area contributed by atoms with Crippen LogP contribution < -0.4 is 21.7 Å². The highest BCUT2D eigenvalue weighted by atomic mass is 32.1. The van der Waals surface area contributed by atoms with Crippen molar-refractivity contribution in [2.45, 2.75) is 6.54 Å². The van der Waals surface area contributed by atoms with Gasteiger partial charge in [0.2, 0.25) is 0 Å². The zero-order chi connectivity index (χ0) is 20.2.